The van der Waals surface area contributed by atoms with Crippen LogP contribution in [0.25, 0.3) is 0 Å². The molecule has 2 aromatic rings. The van der Waals surface area contributed by atoms with E-state index in [4.69, 9.17) is 14.9 Å². The number of aryl methyl sites for hydroxylation is 2. The van der Waals surface area contributed by atoms with E-state index in [9.17, 15) is 4.79 Å². The van der Waals surface area contributed by atoms with E-state index in [1.807, 2.05) is 13.0 Å². The average Bonchev–Trinajstić information content (AvgIpc) is 2.97. The maximum Gasteiger partial charge on any atom is 0.399 e. The van der Waals surface area contributed by atoms with E-state index in [1.165, 1.54) is 17.4 Å². The highest BCUT2D eigenvalue weighted by atomic mass is 16.6. The molecule has 1 aromatic carbocycles. The fourth-order valence-corrected chi connectivity index (χ4v) is 2.79. The molecule has 1 heterocycles. The molecule has 0 unspecified atom stereocenters. The molecule has 1 aromatic heterocycles. The Balaban J connectivity index is 1.94. The number of hydrogen-bond donors (Lipinski definition) is 1. The van der Waals surface area contributed by atoms with Gasteiger partial charge >= 0.3 is 6.08 Å². The molecule has 1 aliphatic rings. The molecule has 5 nitrogen and oxygen atoms in total. The smallest absolute Gasteiger partial charge is 0.399 e. The lowest BCUT2D eigenvalue weighted by Crippen LogP contribution is -2.12. The summed E-state index contributed by atoms with van der Waals surface area (Å²) >= 11 is 0. The molecule has 110 valence electrons. The predicted octanol–water partition coefficient (Wildman–Crippen LogP) is 3.10. The van der Waals surface area contributed by atoms with Gasteiger partial charge in [-0.05, 0) is 47.9 Å². The summed E-state index contributed by atoms with van der Waals surface area (Å²) in [5.41, 5.74) is 9.04. The summed E-state index contributed by atoms with van der Waals surface area (Å²) in [7, 11) is 0. The number of amides is 1. The third-order valence-electron chi connectivity index (χ3n) is 4.08. The van der Waals surface area contributed by atoms with Crippen molar-refractivity contribution in [3.8, 4) is 11.8 Å². The maximum atomic E-state index is 11.0. The van der Waals surface area contributed by atoms with Gasteiger partial charge in [0.2, 0.25) is 0 Å². The fourth-order valence-electron chi connectivity index (χ4n) is 2.79. The first-order valence-corrected chi connectivity index (χ1v) is 6.94. The Bertz CT molecular complexity index is 716. The van der Waals surface area contributed by atoms with Crippen molar-refractivity contribution in [3.63, 3.8) is 0 Å². The summed E-state index contributed by atoms with van der Waals surface area (Å²) in [6.07, 6.45) is 3.46. The topological polar surface area (TPSA) is 78.4 Å². The zero-order valence-electron chi connectivity index (χ0n) is 12.4. The molecule has 0 aliphatic heterocycles. The van der Waals surface area contributed by atoms with Gasteiger partial charge in [0.05, 0.1) is 0 Å². The van der Waals surface area contributed by atoms with E-state index in [-0.39, 0.29) is 17.2 Å². The molecule has 21 heavy (non-hydrogen) atoms. The van der Waals surface area contributed by atoms with Crippen LogP contribution < -0.4 is 10.5 Å². The Hall–Kier alpha value is -2.30. The van der Waals surface area contributed by atoms with Gasteiger partial charge in [0.15, 0.2) is 5.69 Å². The van der Waals surface area contributed by atoms with E-state index in [0.29, 0.717) is 5.75 Å². The van der Waals surface area contributed by atoms with Crippen molar-refractivity contribution in [3.05, 3.63) is 40.8 Å². The number of rotatable bonds is 3. The number of ether oxygens (including phenoxy) is 1. The summed E-state index contributed by atoms with van der Waals surface area (Å²) in [5.74, 6) is 0.0574. The second-order valence-electron chi connectivity index (χ2n) is 6.12. The zero-order chi connectivity index (χ0) is 15.2. The van der Waals surface area contributed by atoms with Crippen LogP contribution in [0, 0.1) is 6.92 Å². The molecule has 0 fully saturated rings. The van der Waals surface area contributed by atoms with Crippen LogP contribution >= 0.6 is 0 Å². The molecular formula is C16H18N2O3. The molecule has 0 spiro atoms. The monoisotopic (exact) mass is 286 g/mol. The third kappa shape index (κ3) is 2.39. The van der Waals surface area contributed by atoms with Crippen LogP contribution in [0.15, 0.2) is 22.8 Å². The number of nitrogens with two attached hydrogens (primary N) is 1. The van der Waals surface area contributed by atoms with Crippen LogP contribution in [-0.2, 0) is 11.8 Å². The van der Waals surface area contributed by atoms with Crippen molar-refractivity contribution in [2.75, 3.05) is 0 Å². The summed E-state index contributed by atoms with van der Waals surface area (Å²) < 4.78 is 10.8. The molecule has 0 saturated carbocycles. The van der Waals surface area contributed by atoms with Crippen molar-refractivity contribution in [1.29, 1.82) is 0 Å². The molecule has 0 atom stereocenters. The SMILES string of the molecule is Cc1cc2c(cc1Oc1nc(C(N)=O)co1)C(C)(C)CC2. The highest BCUT2D eigenvalue weighted by Crippen LogP contribution is 2.41. The molecule has 5 heteroatoms. The second kappa shape index (κ2) is 4.62. The lowest BCUT2D eigenvalue weighted by atomic mass is 9.86. The summed E-state index contributed by atoms with van der Waals surface area (Å²) in [6, 6.07) is 4.20. The van der Waals surface area contributed by atoms with Crippen LogP contribution in [0.3, 0.4) is 0 Å². The highest BCUT2D eigenvalue weighted by Gasteiger charge is 2.30. The Morgan fingerprint density at radius 2 is 2.19 bits per heavy atom. The van der Waals surface area contributed by atoms with Crippen LogP contribution in [0.4, 0.5) is 0 Å². The van der Waals surface area contributed by atoms with E-state index in [1.54, 1.807) is 0 Å². The lowest BCUT2D eigenvalue weighted by Gasteiger charge is -2.20. The summed E-state index contributed by atoms with van der Waals surface area (Å²) in [4.78, 5) is 14.9. The largest absolute Gasteiger partial charge is 0.416 e. The van der Waals surface area contributed by atoms with Gasteiger partial charge < -0.3 is 14.9 Å². The number of nitrogens with zero attached hydrogens (tertiary/aromatic N) is 1. The van der Waals surface area contributed by atoms with Crippen molar-refractivity contribution in [1.82, 2.24) is 4.98 Å². The van der Waals surface area contributed by atoms with Gasteiger partial charge in [0.25, 0.3) is 5.91 Å². The zero-order valence-corrected chi connectivity index (χ0v) is 12.4. The quantitative estimate of drug-likeness (QED) is 0.940. The van der Waals surface area contributed by atoms with E-state index >= 15 is 0 Å². The molecule has 2 N–H and O–H groups in total. The van der Waals surface area contributed by atoms with Gasteiger partial charge in [-0.25, -0.2) is 0 Å². The van der Waals surface area contributed by atoms with Crippen LogP contribution in [-0.4, -0.2) is 10.9 Å². The van der Waals surface area contributed by atoms with Crippen LogP contribution in [0.1, 0.15) is 47.4 Å². The van der Waals surface area contributed by atoms with Gasteiger partial charge in [-0.3, -0.25) is 4.79 Å². The normalized spacial score (nSPS) is 15.8. The molecular weight excluding hydrogens is 268 g/mol. The maximum absolute atomic E-state index is 11.0. The van der Waals surface area contributed by atoms with Crippen LogP contribution in [0.2, 0.25) is 0 Å². The minimum absolute atomic E-state index is 0.0302. The first kappa shape index (κ1) is 13.7. The Labute approximate surface area is 123 Å². The van der Waals surface area contributed by atoms with Gasteiger partial charge in [-0.1, -0.05) is 19.9 Å². The Kier molecular flexibility index (Phi) is 3.01. The average molecular weight is 286 g/mol. The number of fused-ring (bicyclic) bond motifs is 1. The van der Waals surface area contributed by atoms with E-state index in [0.717, 1.165) is 18.4 Å². The van der Waals surface area contributed by atoms with E-state index < -0.39 is 5.91 Å². The summed E-state index contributed by atoms with van der Waals surface area (Å²) in [6.45, 7) is 6.45. The molecule has 1 aliphatic carbocycles. The number of benzene rings is 1. The molecule has 1 amide bonds. The molecule has 0 bridgehead atoms. The third-order valence-corrected chi connectivity index (χ3v) is 4.08. The minimum Gasteiger partial charge on any atom is -0.416 e. The fraction of sp³-hybridized carbons (Fsp3) is 0.375. The van der Waals surface area contributed by atoms with Crippen molar-refractivity contribution in [2.45, 2.75) is 39.0 Å². The van der Waals surface area contributed by atoms with Gasteiger partial charge in [-0.2, -0.15) is 4.98 Å². The van der Waals surface area contributed by atoms with Crippen molar-refractivity contribution >= 4 is 5.91 Å². The molecule has 3 rings (SSSR count). The number of primary amides is 1. The number of hydrogen-bond acceptors (Lipinski definition) is 4. The Morgan fingerprint density at radius 1 is 1.43 bits per heavy atom. The highest BCUT2D eigenvalue weighted by molar-refractivity contribution is 5.90. The van der Waals surface area contributed by atoms with Gasteiger partial charge in [-0.15, -0.1) is 0 Å². The van der Waals surface area contributed by atoms with E-state index in [2.05, 4.69) is 24.9 Å². The van der Waals surface area contributed by atoms with Crippen molar-refractivity contribution < 1.29 is 13.9 Å². The number of carbonyl (C=O) groups is 1. The van der Waals surface area contributed by atoms with Gasteiger partial charge in [0, 0.05) is 0 Å². The minimum atomic E-state index is -0.639. The standard InChI is InChI=1S/C16H18N2O3/c1-9-6-10-4-5-16(2,3)11(10)7-13(9)21-15-18-12(8-20-15)14(17)19/h6-8H,4-5H2,1-3H3,(H2,17,19). The van der Waals surface area contributed by atoms with Gasteiger partial charge in [0.1, 0.15) is 12.0 Å². The Morgan fingerprint density at radius 3 is 2.86 bits per heavy atom. The lowest BCUT2D eigenvalue weighted by molar-refractivity contribution is 0.0995. The second-order valence-corrected chi connectivity index (χ2v) is 6.12. The van der Waals surface area contributed by atoms with Crippen LogP contribution in [0.5, 0.6) is 11.8 Å². The first-order valence-electron chi connectivity index (χ1n) is 6.94. The molecule has 0 saturated heterocycles. The van der Waals surface area contributed by atoms with Crippen molar-refractivity contribution in [2.24, 2.45) is 5.73 Å². The molecule has 0 radical (unpaired) electrons. The number of aromatic nitrogens is 1. The number of carbonyl (C=O) groups excluding carboxylic acids is 1. The number of oxazole rings is 1. The first-order chi connectivity index (χ1) is 9.87. The predicted molar refractivity (Wildman–Crippen MR) is 77.6 cm³/mol. The summed E-state index contributed by atoms with van der Waals surface area (Å²) in [5, 5.41) is 0.